The van der Waals surface area contributed by atoms with Gasteiger partial charge in [0.25, 0.3) is 5.91 Å². The summed E-state index contributed by atoms with van der Waals surface area (Å²) in [6, 6.07) is 0. The lowest BCUT2D eigenvalue weighted by molar-refractivity contribution is 0.0984. The van der Waals surface area contributed by atoms with Crippen LogP contribution in [0.1, 0.15) is 15.5 Å². The van der Waals surface area contributed by atoms with Crippen LogP contribution < -0.4 is 3.53 Å². The number of rotatable bonds is 1. The molecule has 0 aliphatic carbocycles. The monoisotopic (exact) mass is 346 g/mol. The van der Waals surface area contributed by atoms with E-state index in [1.165, 1.54) is 11.3 Å². The molecule has 1 heterocycles. The second-order valence-electron chi connectivity index (χ2n) is 1.78. The fourth-order valence-electron chi connectivity index (χ4n) is 0.587. The van der Waals surface area contributed by atoms with E-state index in [1.54, 1.807) is 22.9 Å². The van der Waals surface area contributed by atoms with E-state index in [9.17, 15) is 4.79 Å². The zero-order chi connectivity index (χ0) is 8.43. The third-order valence-electron chi connectivity index (χ3n) is 0.994. The minimum Gasteiger partial charge on any atom is -0.293 e. The highest BCUT2D eigenvalue weighted by molar-refractivity contribution is 14.1. The number of thiazole rings is 1. The largest absolute Gasteiger partial charge is 0.293 e. The first-order chi connectivity index (χ1) is 5.15. The molecule has 11 heavy (non-hydrogen) atoms. The molecule has 3 nitrogen and oxygen atoms in total. The molecule has 0 radical (unpaired) electrons. The van der Waals surface area contributed by atoms with Gasteiger partial charge in [0.05, 0.1) is 27.9 Å². The molecule has 0 spiro atoms. The second-order valence-corrected chi connectivity index (χ2v) is 4.84. The van der Waals surface area contributed by atoms with E-state index < -0.39 is 0 Å². The number of nitrogens with one attached hydrogen (secondary N) is 1. The van der Waals surface area contributed by atoms with Gasteiger partial charge in [0.1, 0.15) is 3.79 Å². The molecule has 1 aromatic rings. The first-order valence-corrected chi connectivity index (χ1v) is 5.38. The van der Waals surface area contributed by atoms with Crippen molar-refractivity contribution in [3.63, 3.8) is 0 Å². The molecule has 0 unspecified atom stereocenters. The minimum absolute atomic E-state index is 0.165. The summed E-state index contributed by atoms with van der Waals surface area (Å²) in [7, 11) is 0. The Balaban J connectivity index is 3.03. The summed E-state index contributed by atoms with van der Waals surface area (Å²) < 4.78 is 3.26. The SMILES string of the molecule is Cc1nc(C(=O)NI)c(Br)s1. The van der Waals surface area contributed by atoms with Gasteiger partial charge in [0.2, 0.25) is 0 Å². The Hall–Kier alpha value is 0.310. The zero-order valence-corrected chi connectivity index (χ0v) is 10.1. The first-order valence-electron chi connectivity index (χ1n) is 2.69. The third-order valence-corrected chi connectivity index (χ3v) is 3.10. The van der Waals surface area contributed by atoms with Gasteiger partial charge >= 0.3 is 0 Å². The van der Waals surface area contributed by atoms with Crippen LogP contribution in [0.15, 0.2) is 3.79 Å². The molecule has 1 amide bonds. The van der Waals surface area contributed by atoms with Crippen molar-refractivity contribution < 1.29 is 4.79 Å². The van der Waals surface area contributed by atoms with Crippen LogP contribution in [0, 0.1) is 6.92 Å². The van der Waals surface area contributed by atoms with Crippen molar-refractivity contribution in [2.45, 2.75) is 6.92 Å². The van der Waals surface area contributed by atoms with Gasteiger partial charge in [0, 0.05) is 0 Å². The van der Waals surface area contributed by atoms with Crippen molar-refractivity contribution in [3.8, 4) is 0 Å². The summed E-state index contributed by atoms with van der Waals surface area (Å²) >= 11 is 6.49. The average Bonchev–Trinajstić information content (AvgIpc) is 2.28. The molecule has 0 saturated carbocycles. The Bertz CT molecular complexity index is 288. The molecule has 0 atom stereocenters. The van der Waals surface area contributed by atoms with Crippen LogP contribution >= 0.6 is 50.1 Å². The molecule has 0 fully saturated rings. The highest BCUT2D eigenvalue weighted by Crippen LogP contribution is 2.24. The summed E-state index contributed by atoms with van der Waals surface area (Å²) in [5.74, 6) is -0.165. The molecule has 60 valence electrons. The van der Waals surface area contributed by atoms with Crippen molar-refractivity contribution in [2.24, 2.45) is 0 Å². The summed E-state index contributed by atoms with van der Waals surface area (Å²) in [5.41, 5.74) is 0.460. The van der Waals surface area contributed by atoms with Crippen molar-refractivity contribution >= 4 is 56.0 Å². The highest BCUT2D eigenvalue weighted by Gasteiger charge is 2.13. The molecule has 0 saturated heterocycles. The number of amides is 1. The van der Waals surface area contributed by atoms with Crippen molar-refractivity contribution in [3.05, 3.63) is 14.5 Å². The summed E-state index contributed by atoms with van der Waals surface area (Å²) in [5, 5.41) is 0.881. The maximum Gasteiger partial charge on any atom is 0.280 e. The van der Waals surface area contributed by atoms with Gasteiger partial charge in [-0.25, -0.2) is 4.98 Å². The lowest BCUT2D eigenvalue weighted by Crippen LogP contribution is -2.12. The van der Waals surface area contributed by atoms with Crippen molar-refractivity contribution in [2.75, 3.05) is 0 Å². The highest BCUT2D eigenvalue weighted by atomic mass is 127. The number of aryl methyl sites for hydroxylation is 1. The van der Waals surface area contributed by atoms with Crippen LogP contribution in [0.5, 0.6) is 0 Å². The summed E-state index contributed by atoms with van der Waals surface area (Å²) in [6.07, 6.45) is 0. The number of hydrogen-bond donors (Lipinski definition) is 1. The quantitative estimate of drug-likeness (QED) is 0.626. The Morgan fingerprint density at radius 3 is 2.82 bits per heavy atom. The van der Waals surface area contributed by atoms with E-state index in [2.05, 4.69) is 24.4 Å². The van der Waals surface area contributed by atoms with Crippen LogP contribution in [-0.4, -0.2) is 10.9 Å². The number of nitrogens with zero attached hydrogens (tertiary/aromatic N) is 1. The van der Waals surface area contributed by atoms with Gasteiger partial charge in [-0.15, -0.1) is 11.3 Å². The van der Waals surface area contributed by atoms with Crippen LogP contribution in [0.3, 0.4) is 0 Å². The van der Waals surface area contributed by atoms with Gasteiger partial charge in [-0.2, -0.15) is 0 Å². The fourth-order valence-corrected chi connectivity index (χ4v) is 2.45. The van der Waals surface area contributed by atoms with E-state index in [1.807, 2.05) is 6.92 Å². The molecule has 0 aliphatic heterocycles. The van der Waals surface area contributed by atoms with Gasteiger partial charge in [-0.05, 0) is 22.9 Å². The molecular formula is C5H4BrIN2OS. The van der Waals surface area contributed by atoms with E-state index >= 15 is 0 Å². The Labute approximate surface area is 90.2 Å². The van der Waals surface area contributed by atoms with Gasteiger partial charge < -0.3 is 0 Å². The van der Waals surface area contributed by atoms with Gasteiger partial charge in [0.15, 0.2) is 5.69 Å². The van der Waals surface area contributed by atoms with Crippen LogP contribution in [0.4, 0.5) is 0 Å². The van der Waals surface area contributed by atoms with E-state index in [-0.39, 0.29) is 5.91 Å². The summed E-state index contributed by atoms with van der Waals surface area (Å²) in [4.78, 5) is 15.1. The van der Waals surface area contributed by atoms with E-state index in [0.29, 0.717) is 5.69 Å². The Morgan fingerprint density at radius 1 is 1.82 bits per heavy atom. The molecule has 1 rings (SSSR count). The molecule has 6 heteroatoms. The predicted octanol–water partition coefficient (Wildman–Crippen LogP) is 2.29. The minimum atomic E-state index is -0.165. The fraction of sp³-hybridized carbons (Fsp3) is 0.200. The molecule has 1 aromatic heterocycles. The first kappa shape index (κ1) is 9.40. The van der Waals surface area contributed by atoms with Crippen LogP contribution in [-0.2, 0) is 0 Å². The Morgan fingerprint density at radius 2 is 2.45 bits per heavy atom. The van der Waals surface area contributed by atoms with Crippen molar-refractivity contribution in [1.82, 2.24) is 8.51 Å². The molecule has 0 bridgehead atoms. The Kier molecular flexibility index (Phi) is 3.26. The number of carbonyl (C=O) groups is 1. The number of halogens is 2. The lowest BCUT2D eigenvalue weighted by atomic mass is 10.5. The lowest BCUT2D eigenvalue weighted by Gasteiger charge is -1.90. The van der Waals surface area contributed by atoms with Gasteiger partial charge in [-0.3, -0.25) is 8.32 Å². The second kappa shape index (κ2) is 3.81. The average molecular weight is 347 g/mol. The summed E-state index contributed by atoms with van der Waals surface area (Å²) in [6.45, 7) is 1.86. The smallest absolute Gasteiger partial charge is 0.280 e. The molecular weight excluding hydrogens is 343 g/mol. The topological polar surface area (TPSA) is 42.0 Å². The normalized spacial score (nSPS) is 9.73. The predicted molar refractivity (Wildman–Crippen MR) is 56.0 cm³/mol. The van der Waals surface area contributed by atoms with Crippen molar-refractivity contribution in [1.29, 1.82) is 0 Å². The van der Waals surface area contributed by atoms with E-state index in [4.69, 9.17) is 0 Å². The number of hydrogen-bond acceptors (Lipinski definition) is 3. The van der Waals surface area contributed by atoms with Gasteiger partial charge in [-0.1, -0.05) is 0 Å². The van der Waals surface area contributed by atoms with Crippen LogP contribution in [0.25, 0.3) is 0 Å². The van der Waals surface area contributed by atoms with E-state index in [0.717, 1.165) is 8.79 Å². The molecule has 1 N–H and O–H groups in total. The zero-order valence-electron chi connectivity index (χ0n) is 5.52. The van der Waals surface area contributed by atoms with Crippen LogP contribution in [0.2, 0.25) is 0 Å². The third kappa shape index (κ3) is 2.12. The molecule has 0 aliphatic rings. The molecule has 0 aromatic carbocycles. The maximum atomic E-state index is 11.0. The standard InChI is InChI=1S/C5H4BrIN2OS/c1-2-8-3(4(6)11-2)5(10)9-7/h1H3,(H,9,10). The maximum absolute atomic E-state index is 11.0. The number of carbonyl (C=O) groups excluding carboxylic acids is 1. The number of aromatic nitrogens is 1.